The number of nitrogens with zero attached hydrogens (tertiary/aromatic N) is 2. The van der Waals surface area contributed by atoms with Gasteiger partial charge in [0.05, 0.1) is 30.0 Å². The number of rotatable bonds is 2. The fourth-order valence-corrected chi connectivity index (χ4v) is 3.51. The molecular formula is C15H17ClN2O4. The van der Waals surface area contributed by atoms with Crippen LogP contribution in [0.3, 0.4) is 0 Å². The molecular weight excluding hydrogens is 308 g/mol. The number of hydrogen-bond acceptors (Lipinski definition) is 5. The lowest BCUT2D eigenvalue weighted by atomic mass is 9.71. The number of esters is 1. The van der Waals surface area contributed by atoms with Gasteiger partial charge in [-0.05, 0) is 37.8 Å². The second-order valence-corrected chi connectivity index (χ2v) is 6.17. The number of pyridine rings is 1. The van der Waals surface area contributed by atoms with Crippen LogP contribution < -0.4 is 4.90 Å². The van der Waals surface area contributed by atoms with Gasteiger partial charge in [-0.3, -0.25) is 14.5 Å². The Morgan fingerprint density at radius 1 is 1.50 bits per heavy atom. The predicted octanol–water partition coefficient (Wildman–Crippen LogP) is 1.43. The van der Waals surface area contributed by atoms with Crippen LogP contribution in [0.1, 0.15) is 31.4 Å². The van der Waals surface area contributed by atoms with Gasteiger partial charge in [0.2, 0.25) is 5.91 Å². The van der Waals surface area contributed by atoms with Crippen LogP contribution in [-0.2, 0) is 19.7 Å². The van der Waals surface area contributed by atoms with E-state index in [1.807, 2.05) is 0 Å². The summed E-state index contributed by atoms with van der Waals surface area (Å²) in [6, 6.07) is 3.32. The second-order valence-electron chi connectivity index (χ2n) is 5.78. The van der Waals surface area contributed by atoms with Crippen molar-refractivity contribution in [2.45, 2.75) is 37.2 Å². The molecule has 118 valence electrons. The molecule has 0 radical (unpaired) electrons. The van der Waals surface area contributed by atoms with E-state index in [9.17, 15) is 14.7 Å². The van der Waals surface area contributed by atoms with Gasteiger partial charge < -0.3 is 9.84 Å². The first-order valence-corrected chi connectivity index (χ1v) is 7.59. The van der Waals surface area contributed by atoms with E-state index >= 15 is 0 Å². The Labute approximate surface area is 133 Å². The maximum Gasteiger partial charge on any atom is 0.325 e. The molecule has 1 N–H and O–H groups in total. The molecule has 1 aliphatic heterocycles. The fraction of sp³-hybridized carbons (Fsp3) is 0.533. The SMILES string of the molecule is COC(=O)CN1C(=O)C2(CCC(O)CC2)c2nc(Cl)ccc21. The van der Waals surface area contributed by atoms with Crippen LogP contribution in [0.15, 0.2) is 12.1 Å². The van der Waals surface area contributed by atoms with Gasteiger partial charge in [-0.2, -0.15) is 0 Å². The first-order valence-electron chi connectivity index (χ1n) is 7.22. The van der Waals surface area contributed by atoms with Crippen molar-refractivity contribution in [3.05, 3.63) is 23.0 Å². The summed E-state index contributed by atoms with van der Waals surface area (Å²) in [5.74, 6) is -0.642. The zero-order valence-electron chi connectivity index (χ0n) is 12.2. The quantitative estimate of drug-likeness (QED) is 0.657. The average Bonchev–Trinajstić information content (AvgIpc) is 2.72. The van der Waals surface area contributed by atoms with Crippen molar-refractivity contribution < 1.29 is 19.4 Å². The molecule has 0 atom stereocenters. The van der Waals surface area contributed by atoms with Crippen LogP contribution in [0.4, 0.5) is 5.69 Å². The largest absolute Gasteiger partial charge is 0.468 e. The predicted molar refractivity (Wildman–Crippen MR) is 79.8 cm³/mol. The maximum absolute atomic E-state index is 13.0. The van der Waals surface area contributed by atoms with Crippen molar-refractivity contribution in [1.82, 2.24) is 4.98 Å². The topological polar surface area (TPSA) is 79.7 Å². The third kappa shape index (κ3) is 2.27. The molecule has 1 saturated carbocycles. The molecule has 2 aliphatic rings. The monoisotopic (exact) mass is 324 g/mol. The van der Waals surface area contributed by atoms with Gasteiger partial charge >= 0.3 is 5.97 Å². The van der Waals surface area contributed by atoms with E-state index < -0.39 is 17.5 Å². The molecule has 1 fully saturated rings. The molecule has 3 rings (SSSR count). The van der Waals surface area contributed by atoms with Crippen molar-refractivity contribution in [3.63, 3.8) is 0 Å². The minimum absolute atomic E-state index is 0.143. The molecule has 1 aliphatic carbocycles. The summed E-state index contributed by atoms with van der Waals surface area (Å²) < 4.78 is 4.67. The molecule has 1 spiro atoms. The highest BCUT2D eigenvalue weighted by Crippen LogP contribution is 2.49. The summed E-state index contributed by atoms with van der Waals surface area (Å²) >= 11 is 6.00. The number of aliphatic hydroxyl groups excluding tert-OH is 1. The molecule has 6 nitrogen and oxygen atoms in total. The van der Waals surface area contributed by atoms with E-state index in [1.165, 1.54) is 12.0 Å². The van der Waals surface area contributed by atoms with Crippen LogP contribution >= 0.6 is 11.6 Å². The van der Waals surface area contributed by atoms with Gasteiger partial charge in [-0.25, -0.2) is 4.98 Å². The lowest BCUT2D eigenvalue weighted by molar-refractivity contribution is -0.140. The van der Waals surface area contributed by atoms with Crippen LogP contribution in [-0.4, -0.2) is 41.7 Å². The smallest absolute Gasteiger partial charge is 0.325 e. The number of fused-ring (bicyclic) bond motifs is 2. The Bertz CT molecular complexity index is 626. The molecule has 2 heterocycles. The summed E-state index contributed by atoms with van der Waals surface area (Å²) in [5, 5.41) is 10.1. The van der Waals surface area contributed by atoms with E-state index in [0.717, 1.165) is 0 Å². The first kappa shape index (κ1) is 15.2. The number of halogens is 1. The van der Waals surface area contributed by atoms with E-state index in [-0.39, 0.29) is 12.5 Å². The highest BCUT2D eigenvalue weighted by atomic mass is 35.5. The molecule has 1 aromatic heterocycles. The van der Waals surface area contributed by atoms with Gasteiger partial charge in [-0.1, -0.05) is 11.6 Å². The molecule has 1 amide bonds. The van der Waals surface area contributed by atoms with Crippen LogP contribution in [0.25, 0.3) is 0 Å². The summed E-state index contributed by atoms with van der Waals surface area (Å²) in [6.07, 6.45) is 1.68. The highest BCUT2D eigenvalue weighted by Gasteiger charge is 2.53. The lowest BCUT2D eigenvalue weighted by Gasteiger charge is -2.33. The van der Waals surface area contributed by atoms with E-state index in [0.29, 0.717) is 42.2 Å². The molecule has 22 heavy (non-hydrogen) atoms. The van der Waals surface area contributed by atoms with Crippen LogP contribution in [0, 0.1) is 0 Å². The van der Waals surface area contributed by atoms with Crippen molar-refractivity contribution in [2.24, 2.45) is 0 Å². The summed E-state index contributed by atoms with van der Waals surface area (Å²) in [6.45, 7) is -0.143. The Morgan fingerprint density at radius 3 is 2.82 bits per heavy atom. The first-order chi connectivity index (χ1) is 10.5. The van der Waals surface area contributed by atoms with Crippen molar-refractivity contribution >= 4 is 29.2 Å². The van der Waals surface area contributed by atoms with Gasteiger partial charge in [0.1, 0.15) is 11.7 Å². The fourth-order valence-electron chi connectivity index (χ4n) is 3.36. The van der Waals surface area contributed by atoms with Crippen LogP contribution in [0.5, 0.6) is 0 Å². The molecule has 1 aromatic rings. The van der Waals surface area contributed by atoms with Gasteiger partial charge in [0, 0.05) is 0 Å². The Kier molecular flexibility index (Phi) is 3.82. The van der Waals surface area contributed by atoms with Gasteiger partial charge in [-0.15, -0.1) is 0 Å². The summed E-state index contributed by atoms with van der Waals surface area (Å²) in [5.41, 5.74) is 0.435. The summed E-state index contributed by atoms with van der Waals surface area (Å²) in [4.78, 5) is 30.4. The van der Waals surface area contributed by atoms with Gasteiger partial charge in [0.25, 0.3) is 0 Å². The number of carbonyl (C=O) groups excluding carboxylic acids is 2. The number of carbonyl (C=O) groups is 2. The highest BCUT2D eigenvalue weighted by molar-refractivity contribution is 6.29. The number of aliphatic hydroxyl groups is 1. The molecule has 0 unspecified atom stereocenters. The molecule has 7 heteroatoms. The van der Waals surface area contributed by atoms with E-state index in [4.69, 9.17) is 11.6 Å². The standard InChI is InChI=1S/C15H17ClN2O4/c1-22-12(20)8-18-10-2-3-11(16)17-13(10)15(14(18)21)6-4-9(19)5-7-15/h2-3,9,19H,4-8H2,1H3. The van der Waals surface area contributed by atoms with E-state index in [2.05, 4.69) is 9.72 Å². The molecule has 0 aromatic carbocycles. The van der Waals surface area contributed by atoms with Crippen molar-refractivity contribution in [3.8, 4) is 0 Å². The molecule has 0 saturated heterocycles. The number of amides is 1. The minimum Gasteiger partial charge on any atom is -0.468 e. The number of anilines is 1. The van der Waals surface area contributed by atoms with Crippen LogP contribution in [0.2, 0.25) is 5.15 Å². The van der Waals surface area contributed by atoms with Crippen molar-refractivity contribution in [1.29, 1.82) is 0 Å². The second kappa shape index (κ2) is 5.52. The Morgan fingerprint density at radius 2 is 2.18 bits per heavy atom. The number of hydrogen-bond donors (Lipinski definition) is 1. The minimum atomic E-state index is -0.784. The lowest BCUT2D eigenvalue weighted by Crippen LogP contribution is -2.45. The third-order valence-electron chi connectivity index (χ3n) is 4.56. The average molecular weight is 325 g/mol. The number of methoxy groups -OCH3 is 1. The van der Waals surface area contributed by atoms with E-state index in [1.54, 1.807) is 12.1 Å². The Balaban J connectivity index is 2.04. The normalized spacial score (nSPS) is 27.1. The van der Waals surface area contributed by atoms with Crippen molar-refractivity contribution in [2.75, 3.05) is 18.6 Å². The van der Waals surface area contributed by atoms with Gasteiger partial charge in [0.15, 0.2) is 0 Å². The number of ether oxygens (including phenoxy) is 1. The zero-order valence-corrected chi connectivity index (χ0v) is 13.0. The maximum atomic E-state index is 13.0. The third-order valence-corrected chi connectivity index (χ3v) is 4.77. The molecule has 0 bridgehead atoms. The zero-order chi connectivity index (χ0) is 15.9. The Hall–Kier alpha value is -1.66. The number of aromatic nitrogens is 1. The summed E-state index contributed by atoms with van der Waals surface area (Å²) in [7, 11) is 1.29.